The summed E-state index contributed by atoms with van der Waals surface area (Å²) in [6.45, 7) is 9.87. The van der Waals surface area contributed by atoms with Crippen LogP contribution in [0, 0.1) is 11.8 Å². The highest BCUT2D eigenvalue weighted by Gasteiger charge is 2.48. The monoisotopic (exact) mass is 285 g/mol. The number of ether oxygens (including phenoxy) is 1. The first kappa shape index (κ1) is 17.4. The van der Waals surface area contributed by atoms with Gasteiger partial charge in [0.15, 0.2) is 0 Å². The van der Waals surface area contributed by atoms with Crippen LogP contribution >= 0.6 is 0 Å². The largest absolute Gasteiger partial charge is 0.480 e. The molecule has 0 aromatic heterocycles. The van der Waals surface area contributed by atoms with Crippen molar-refractivity contribution in [1.82, 2.24) is 5.32 Å². The molecule has 0 amide bonds. The second-order valence-electron chi connectivity index (χ2n) is 6.40. The van der Waals surface area contributed by atoms with Gasteiger partial charge in [-0.05, 0) is 51.0 Å². The van der Waals surface area contributed by atoms with Gasteiger partial charge in [0.05, 0.1) is 6.10 Å². The van der Waals surface area contributed by atoms with Crippen molar-refractivity contribution in [2.45, 2.75) is 71.4 Å². The van der Waals surface area contributed by atoms with Crippen LogP contribution in [-0.2, 0) is 9.53 Å². The summed E-state index contributed by atoms with van der Waals surface area (Å²) in [7, 11) is 0. The van der Waals surface area contributed by atoms with Crippen molar-refractivity contribution in [3.63, 3.8) is 0 Å². The van der Waals surface area contributed by atoms with E-state index in [1.807, 2.05) is 0 Å². The number of carboxylic acids is 1. The standard InChI is InChI=1S/C16H31NO3/c1-5-10-17-16(15(18)19)9-6-7-14(16)8-11-20-13(4)12(2)3/h12-14,17H,5-11H2,1-4H3,(H,18,19). The minimum Gasteiger partial charge on any atom is -0.480 e. The van der Waals surface area contributed by atoms with Crippen LogP contribution in [0.25, 0.3) is 0 Å². The van der Waals surface area contributed by atoms with Gasteiger partial charge in [-0.15, -0.1) is 0 Å². The lowest BCUT2D eigenvalue weighted by Gasteiger charge is -2.33. The Morgan fingerprint density at radius 1 is 1.45 bits per heavy atom. The Labute approximate surface area is 123 Å². The van der Waals surface area contributed by atoms with Crippen molar-refractivity contribution < 1.29 is 14.6 Å². The first-order valence-electron chi connectivity index (χ1n) is 8.04. The highest BCUT2D eigenvalue weighted by atomic mass is 16.5. The first-order chi connectivity index (χ1) is 9.44. The second kappa shape index (κ2) is 7.99. The zero-order valence-electron chi connectivity index (χ0n) is 13.4. The molecule has 1 aliphatic carbocycles. The summed E-state index contributed by atoms with van der Waals surface area (Å²) in [4.78, 5) is 11.7. The summed E-state index contributed by atoms with van der Waals surface area (Å²) in [5, 5.41) is 13.0. The predicted octanol–water partition coefficient (Wildman–Crippen LogP) is 3.06. The number of hydrogen-bond donors (Lipinski definition) is 2. The normalized spacial score (nSPS) is 27.9. The van der Waals surface area contributed by atoms with Gasteiger partial charge in [-0.1, -0.05) is 27.2 Å². The smallest absolute Gasteiger partial charge is 0.324 e. The molecule has 3 unspecified atom stereocenters. The molecule has 4 nitrogen and oxygen atoms in total. The van der Waals surface area contributed by atoms with Gasteiger partial charge in [-0.25, -0.2) is 0 Å². The lowest BCUT2D eigenvalue weighted by atomic mass is 9.84. The fourth-order valence-electron chi connectivity index (χ4n) is 3.00. The maximum atomic E-state index is 11.7. The van der Waals surface area contributed by atoms with E-state index in [0.717, 1.165) is 38.6 Å². The average molecular weight is 285 g/mol. The zero-order valence-corrected chi connectivity index (χ0v) is 13.4. The van der Waals surface area contributed by atoms with Gasteiger partial charge in [0.1, 0.15) is 5.54 Å². The molecule has 0 heterocycles. The number of hydrogen-bond acceptors (Lipinski definition) is 3. The molecule has 4 heteroatoms. The molecule has 0 aromatic rings. The van der Waals surface area contributed by atoms with E-state index in [-0.39, 0.29) is 12.0 Å². The quantitative estimate of drug-likeness (QED) is 0.683. The maximum absolute atomic E-state index is 11.7. The Hall–Kier alpha value is -0.610. The minimum absolute atomic E-state index is 0.186. The third-order valence-electron chi connectivity index (χ3n) is 4.68. The molecule has 3 atom stereocenters. The van der Waals surface area contributed by atoms with E-state index in [1.54, 1.807) is 0 Å². The molecule has 1 saturated carbocycles. The van der Waals surface area contributed by atoms with E-state index in [2.05, 4.69) is 33.0 Å². The highest BCUT2D eigenvalue weighted by molar-refractivity contribution is 5.79. The van der Waals surface area contributed by atoms with E-state index in [9.17, 15) is 9.90 Å². The van der Waals surface area contributed by atoms with Crippen LogP contribution in [-0.4, -0.2) is 35.9 Å². The van der Waals surface area contributed by atoms with Crippen LogP contribution in [0.5, 0.6) is 0 Å². The third kappa shape index (κ3) is 4.19. The fourth-order valence-corrected chi connectivity index (χ4v) is 3.00. The van der Waals surface area contributed by atoms with Gasteiger partial charge in [0.25, 0.3) is 0 Å². The SMILES string of the molecule is CCCNC1(C(=O)O)CCCC1CCOC(C)C(C)C. The molecule has 2 N–H and O–H groups in total. The van der Waals surface area contributed by atoms with Gasteiger partial charge >= 0.3 is 5.97 Å². The van der Waals surface area contributed by atoms with Crippen molar-refractivity contribution in [2.75, 3.05) is 13.2 Å². The summed E-state index contributed by atoms with van der Waals surface area (Å²) >= 11 is 0. The summed E-state index contributed by atoms with van der Waals surface area (Å²) in [5.74, 6) is -0.00250. The van der Waals surface area contributed by atoms with Crippen LogP contribution in [0.3, 0.4) is 0 Å². The highest BCUT2D eigenvalue weighted by Crippen LogP contribution is 2.38. The lowest BCUT2D eigenvalue weighted by Crippen LogP contribution is -2.55. The van der Waals surface area contributed by atoms with E-state index >= 15 is 0 Å². The number of carboxylic acid groups (broad SMARTS) is 1. The van der Waals surface area contributed by atoms with Crippen LogP contribution in [0.2, 0.25) is 0 Å². The van der Waals surface area contributed by atoms with Crippen molar-refractivity contribution in [1.29, 1.82) is 0 Å². The van der Waals surface area contributed by atoms with Gasteiger partial charge in [0.2, 0.25) is 0 Å². The second-order valence-corrected chi connectivity index (χ2v) is 6.40. The van der Waals surface area contributed by atoms with Gasteiger partial charge < -0.3 is 15.2 Å². The molecule has 1 aliphatic rings. The van der Waals surface area contributed by atoms with E-state index in [1.165, 1.54) is 0 Å². The number of carbonyl (C=O) groups is 1. The predicted molar refractivity (Wildman–Crippen MR) is 80.9 cm³/mol. The Morgan fingerprint density at radius 2 is 2.15 bits per heavy atom. The molecule has 0 radical (unpaired) electrons. The van der Waals surface area contributed by atoms with Crippen LogP contribution in [0.15, 0.2) is 0 Å². The van der Waals surface area contributed by atoms with Gasteiger partial charge in [0, 0.05) is 6.61 Å². The van der Waals surface area contributed by atoms with E-state index < -0.39 is 11.5 Å². The zero-order chi connectivity index (χ0) is 15.2. The van der Waals surface area contributed by atoms with E-state index in [4.69, 9.17) is 4.74 Å². The topological polar surface area (TPSA) is 58.6 Å². The number of aliphatic carboxylic acids is 1. The Bertz CT molecular complexity index is 306. The van der Waals surface area contributed by atoms with Crippen molar-refractivity contribution in [2.24, 2.45) is 11.8 Å². The third-order valence-corrected chi connectivity index (χ3v) is 4.68. The molecule has 0 saturated heterocycles. The Kier molecular flexibility index (Phi) is 6.96. The molecule has 0 spiro atoms. The van der Waals surface area contributed by atoms with Crippen LogP contribution in [0.4, 0.5) is 0 Å². The summed E-state index contributed by atoms with van der Waals surface area (Å²) in [5.41, 5.74) is -0.722. The van der Waals surface area contributed by atoms with Crippen LogP contribution in [0.1, 0.15) is 59.8 Å². The van der Waals surface area contributed by atoms with E-state index in [0.29, 0.717) is 12.5 Å². The van der Waals surface area contributed by atoms with Crippen LogP contribution < -0.4 is 5.32 Å². The van der Waals surface area contributed by atoms with Crippen molar-refractivity contribution in [3.8, 4) is 0 Å². The maximum Gasteiger partial charge on any atom is 0.324 e. The molecular formula is C16H31NO3. The van der Waals surface area contributed by atoms with Gasteiger partial charge in [-0.2, -0.15) is 0 Å². The summed E-state index contributed by atoms with van der Waals surface area (Å²) in [6, 6.07) is 0. The Morgan fingerprint density at radius 3 is 2.70 bits per heavy atom. The lowest BCUT2D eigenvalue weighted by molar-refractivity contribution is -0.147. The summed E-state index contributed by atoms with van der Waals surface area (Å²) < 4.78 is 5.82. The molecule has 20 heavy (non-hydrogen) atoms. The van der Waals surface area contributed by atoms with Crippen molar-refractivity contribution in [3.05, 3.63) is 0 Å². The fraction of sp³-hybridized carbons (Fsp3) is 0.938. The molecule has 0 aliphatic heterocycles. The molecular weight excluding hydrogens is 254 g/mol. The van der Waals surface area contributed by atoms with Crippen molar-refractivity contribution >= 4 is 5.97 Å². The Balaban J connectivity index is 2.55. The summed E-state index contributed by atoms with van der Waals surface area (Å²) in [6.07, 6.45) is 4.75. The number of nitrogens with one attached hydrogen (secondary N) is 1. The molecule has 1 rings (SSSR count). The average Bonchev–Trinajstić information content (AvgIpc) is 2.80. The molecule has 0 aromatic carbocycles. The minimum atomic E-state index is -0.722. The van der Waals surface area contributed by atoms with Gasteiger partial charge in [-0.3, -0.25) is 4.79 Å². The number of rotatable bonds is 9. The molecule has 1 fully saturated rings. The molecule has 118 valence electrons. The first-order valence-corrected chi connectivity index (χ1v) is 8.04. The molecule has 0 bridgehead atoms.